The molecule has 0 bridgehead atoms. The van der Waals surface area contributed by atoms with Crippen molar-refractivity contribution in [2.24, 2.45) is 0 Å². The lowest BCUT2D eigenvalue weighted by atomic mass is 10.2. The van der Waals surface area contributed by atoms with E-state index < -0.39 is 0 Å². The molecular formula is C10H12ClN3OS. The van der Waals surface area contributed by atoms with E-state index in [1.807, 2.05) is 42.5 Å². The number of halogens is 1. The fourth-order valence-corrected chi connectivity index (χ4v) is 1.56. The molecule has 0 aliphatic rings. The fraction of sp³-hybridized carbons (Fsp3) is 0. The van der Waals surface area contributed by atoms with Gasteiger partial charge in [0, 0.05) is 0 Å². The molecule has 6 heteroatoms. The zero-order valence-electron chi connectivity index (χ0n) is 8.33. The first-order chi connectivity index (χ1) is 6.84. The first-order valence-corrected chi connectivity index (χ1v) is 4.98. The number of aromatic nitrogens is 2. The van der Waals surface area contributed by atoms with Gasteiger partial charge < -0.3 is 11.2 Å². The molecular weight excluding hydrogens is 246 g/mol. The monoisotopic (exact) mass is 257 g/mol. The zero-order valence-corrected chi connectivity index (χ0v) is 9.96. The molecule has 1 aromatic heterocycles. The zero-order chi connectivity index (χ0) is 9.80. The Morgan fingerprint density at radius 1 is 1.06 bits per heavy atom. The van der Waals surface area contributed by atoms with E-state index in [1.165, 1.54) is 11.3 Å². The van der Waals surface area contributed by atoms with Crippen LogP contribution >= 0.6 is 23.7 Å². The predicted molar refractivity (Wildman–Crippen MR) is 70.6 cm³/mol. The molecule has 0 aliphatic heterocycles. The maximum atomic E-state index is 5.46. The fourth-order valence-electron chi connectivity index (χ4n) is 1.05. The number of nitrogens with two attached hydrogens (primary N) is 1. The lowest BCUT2D eigenvalue weighted by Gasteiger charge is -1.88. The van der Waals surface area contributed by atoms with E-state index >= 15 is 0 Å². The highest BCUT2D eigenvalue weighted by Gasteiger charge is 1.94. The van der Waals surface area contributed by atoms with Gasteiger partial charge in [-0.15, -0.1) is 22.6 Å². The minimum absolute atomic E-state index is 0. The van der Waals surface area contributed by atoms with Crippen LogP contribution in [0.2, 0.25) is 0 Å². The lowest BCUT2D eigenvalue weighted by molar-refractivity contribution is 0.824. The predicted octanol–water partition coefficient (Wildman–Crippen LogP) is 1.89. The molecule has 0 amide bonds. The summed E-state index contributed by atoms with van der Waals surface area (Å²) in [4.78, 5) is 0. The molecule has 2 rings (SSSR count). The van der Waals surface area contributed by atoms with Crippen LogP contribution in [-0.4, -0.2) is 15.7 Å². The van der Waals surface area contributed by atoms with Crippen molar-refractivity contribution in [1.82, 2.24) is 10.2 Å². The van der Waals surface area contributed by atoms with Gasteiger partial charge >= 0.3 is 0 Å². The summed E-state index contributed by atoms with van der Waals surface area (Å²) >= 11 is 1.38. The Balaban J connectivity index is 0.00000112. The number of nitrogens with zero attached hydrogens (tertiary/aromatic N) is 2. The minimum atomic E-state index is 0. The molecule has 0 radical (unpaired) electrons. The Kier molecular flexibility index (Phi) is 6.32. The topological polar surface area (TPSA) is 83.3 Å². The Bertz CT molecular complexity index is 444. The van der Waals surface area contributed by atoms with Crippen molar-refractivity contribution in [3.05, 3.63) is 40.9 Å². The summed E-state index contributed by atoms with van der Waals surface area (Å²) in [5.74, 6) is 0. The largest absolute Gasteiger partial charge is 0.412 e. The number of hydrogen-bond acceptors (Lipinski definition) is 4. The molecule has 16 heavy (non-hydrogen) atoms. The van der Waals surface area contributed by atoms with E-state index in [0.717, 1.165) is 10.6 Å². The Morgan fingerprint density at radius 2 is 1.75 bits per heavy atom. The summed E-state index contributed by atoms with van der Waals surface area (Å²) in [5, 5.41) is 8.93. The summed E-state index contributed by atoms with van der Waals surface area (Å²) < 4.78 is 0. The molecule has 0 unspecified atom stereocenters. The highest BCUT2D eigenvalue weighted by Crippen LogP contribution is 2.14. The lowest BCUT2D eigenvalue weighted by Crippen LogP contribution is -1.79. The first-order valence-electron chi connectivity index (χ1n) is 4.17. The van der Waals surface area contributed by atoms with Gasteiger partial charge in [0.15, 0.2) is 0 Å². The van der Waals surface area contributed by atoms with Gasteiger partial charge in [-0.2, -0.15) is 0 Å². The van der Waals surface area contributed by atoms with Crippen LogP contribution in [0.25, 0.3) is 12.2 Å². The Hall–Kier alpha value is -1.43. The number of nitrogen functional groups attached to an aromatic ring is 1. The number of anilines is 1. The number of rotatable bonds is 2. The molecule has 0 aliphatic carbocycles. The molecule has 0 saturated carbocycles. The molecule has 4 N–H and O–H groups in total. The molecule has 1 heterocycles. The standard InChI is InChI=1S/C10H9N3S.ClH.H2O/c11-10-13-12-9(14-10)7-6-8-4-2-1-3-5-8;;/h1-7H,(H2,11,13);1H;1H2/b7-6+;;. The van der Waals surface area contributed by atoms with Crippen LogP contribution in [0.15, 0.2) is 30.3 Å². The van der Waals surface area contributed by atoms with Crippen LogP contribution in [-0.2, 0) is 0 Å². The van der Waals surface area contributed by atoms with Crippen LogP contribution in [0.5, 0.6) is 0 Å². The van der Waals surface area contributed by atoms with Crippen molar-refractivity contribution in [1.29, 1.82) is 0 Å². The van der Waals surface area contributed by atoms with Gasteiger partial charge in [-0.25, -0.2) is 0 Å². The third-order valence-corrected chi connectivity index (χ3v) is 2.39. The summed E-state index contributed by atoms with van der Waals surface area (Å²) in [5.41, 5.74) is 6.60. The molecule has 86 valence electrons. The molecule has 1 aromatic carbocycles. The van der Waals surface area contributed by atoms with Crippen LogP contribution in [0, 0.1) is 0 Å². The molecule has 0 saturated heterocycles. The second kappa shape index (κ2) is 6.95. The van der Waals surface area contributed by atoms with Crippen LogP contribution in [0.3, 0.4) is 0 Å². The third kappa shape index (κ3) is 3.98. The van der Waals surface area contributed by atoms with Crippen molar-refractivity contribution in [2.45, 2.75) is 0 Å². The van der Waals surface area contributed by atoms with Crippen molar-refractivity contribution >= 4 is 41.0 Å². The average molecular weight is 258 g/mol. The minimum Gasteiger partial charge on any atom is -0.412 e. The van der Waals surface area contributed by atoms with Crippen molar-refractivity contribution in [2.75, 3.05) is 5.73 Å². The van der Waals surface area contributed by atoms with Gasteiger partial charge in [0.05, 0.1) is 0 Å². The highest BCUT2D eigenvalue weighted by atomic mass is 35.5. The smallest absolute Gasteiger partial charge is 0.203 e. The average Bonchev–Trinajstić information content (AvgIpc) is 2.63. The highest BCUT2D eigenvalue weighted by molar-refractivity contribution is 7.15. The van der Waals surface area contributed by atoms with E-state index in [9.17, 15) is 0 Å². The Labute approximate surface area is 104 Å². The normalized spacial score (nSPS) is 9.50. The maximum Gasteiger partial charge on any atom is 0.203 e. The van der Waals surface area contributed by atoms with Gasteiger partial charge in [0.1, 0.15) is 5.01 Å². The maximum absolute atomic E-state index is 5.46. The SMILES string of the molecule is Cl.Nc1nnc(/C=C/c2ccccc2)s1.O. The molecule has 0 fully saturated rings. The molecule has 2 aromatic rings. The Morgan fingerprint density at radius 3 is 2.31 bits per heavy atom. The van der Waals surface area contributed by atoms with Gasteiger partial charge in [0.2, 0.25) is 5.13 Å². The van der Waals surface area contributed by atoms with E-state index in [-0.39, 0.29) is 17.9 Å². The quantitative estimate of drug-likeness (QED) is 0.892. The van der Waals surface area contributed by atoms with Crippen molar-refractivity contribution in [3.63, 3.8) is 0 Å². The van der Waals surface area contributed by atoms with Crippen LogP contribution in [0.1, 0.15) is 10.6 Å². The van der Waals surface area contributed by atoms with Gasteiger partial charge in [-0.3, -0.25) is 0 Å². The van der Waals surface area contributed by atoms with E-state index in [1.54, 1.807) is 0 Å². The van der Waals surface area contributed by atoms with Crippen molar-refractivity contribution < 1.29 is 5.48 Å². The summed E-state index contributed by atoms with van der Waals surface area (Å²) in [6.45, 7) is 0. The van der Waals surface area contributed by atoms with Gasteiger partial charge in [-0.05, 0) is 11.6 Å². The van der Waals surface area contributed by atoms with Crippen molar-refractivity contribution in [3.8, 4) is 0 Å². The third-order valence-electron chi connectivity index (χ3n) is 1.67. The first kappa shape index (κ1) is 14.6. The van der Waals surface area contributed by atoms with E-state index in [4.69, 9.17) is 5.73 Å². The number of benzene rings is 1. The second-order valence-corrected chi connectivity index (χ2v) is 3.76. The van der Waals surface area contributed by atoms with E-state index in [2.05, 4.69) is 10.2 Å². The van der Waals surface area contributed by atoms with Crippen LogP contribution < -0.4 is 5.73 Å². The number of hydrogen-bond donors (Lipinski definition) is 1. The molecule has 0 atom stereocenters. The summed E-state index contributed by atoms with van der Waals surface area (Å²) in [6.07, 6.45) is 3.89. The molecule has 0 spiro atoms. The molecule has 4 nitrogen and oxygen atoms in total. The van der Waals surface area contributed by atoms with Crippen LogP contribution in [0.4, 0.5) is 5.13 Å². The summed E-state index contributed by atoms with van der Waals surface area (Å²) in [7, 11) is 0. The van der Waals surface area contributed by atoms with E-state index in [0.29, 0.717) is 5.13 Å². The van der Waals surface area contributed by atoms with Gasteiger partial charge in [-0.1, -0.05) is 47.7 Å². The summed E-state index contributed by atoms with van der Waals surface area (Å²) in [6, 6.07) is 10.0. The second-order valence-electron chi connectivity index (χ2n) is 2.72. The van der Waals surface area contributed by atoms with Gasteiger partial charge in [0.25, 0.3) is 0 Å².